The van der Waals surface area contributed by atoms with E-state index in [0.717, 1.165) is 6.92 Å². The van der Waals surface area contributed by atoms with Crippen molar-refractivity contribution in [3.8, 4) is 0 Å². The van der Waals surface area contributed by atoms with E-state index in [-0.39, 0.29) is 52.7 Å². The fourth-order valence-corrected chi connectivity index (χ4v) is 0. The van der Waals surface area contributed by atoms with Gasteiger partial charge in [-0.2, -0.15) is 0 Å². The zero-order valence-corrected chi connectivity index (χ0v) is 8.14. The fraction of sp³-hybridized carbons (Fsp3) is 0.500. The summed E-state index contributed by atoms with van der Waals surface area (Å²) in [7, 11) is 0. The molecule has 0 aliphatic carbocycles. The van der Waals surface area contributed by atoms with Gasteiger partial charge in [0, 0.05) is 5.97 Å². The Morgan fingerprint density at radius 1 is 1.57 bits per heavy atom. The first-order valence-electron chi connectivity index (χ1n) is 0.908. The third-order valence-electron chi connectivity index (χ3n) is 0. The van der Waals surface area contributed by atoms with Gasteiger partial charge >= 0.3 is 29.6 Å². The van der Waals surface area contributed by atoms with Crippen LogP contribution in [-0.2, 0) is 4.79 Å². The van der Waals surface area contributed by atoms with Crippen molar-refractivity contribution < 1.29 is 39.5 Å². The number of halogens is 1. The maximum absolute atomic E-state index is 8.89. The second kappa shape index (κ2) is 15.8. The Hall–Kier alpha value is 0.910. The smallest absolute Gasteiger partial charge is 0.550 e. The van der Waals surface area contributed by atoms with Gasteiger partial charge in [-0.3, -0.25) is 0 Å². The molecule has 0 amide bonds. The van der Waals surface area contributed by atoms with Gasteiger partial charge in [-0.15, -0.1) is 17.0 Å². The fourth-order valence-electron chi connectivity index (χ4n) is 0. The van der Waals surface area contributed by atoms with Crippen molar-refractivity contribution in [3.63, 3.8) is 0 Å². The molecule has 3 N–H and O–H groups in total. The summed E-state index contributed by atoms with van der Waals surface area (Å²) in [6, 6.07) is 0. The molecule has 0 aromatic heterocycles. The SMILES string of the molecule is Br.CC(=O)[O-].N.[Na+]. The first-order valence-corrected chi connectivity index (χ1v) is 0.908. The van der Waals surface area contributed by atoms with Crippen LogP contribution in [0.15, 0.2) is 0 Å². The molecular formula is C2H7BrNNaO2. The van der Waals surface area contributed by atoms with Crippen molar-refractivity contribution >= 4 is 23.0 Å². The van der Waals surface area contributed by atoms with E-state index in [4.69, 9.17) is 9.90 Å². The van der Waals surface area contributed by atoms with E-state index in [1.54, 1.807) is 0 Å². The Labute approximate surface area is 75.1 Å². The predicted molar refractivity (Wildman–Crippen MR) is 26.0 cm³/mol. The van der Waals surface area contributed by atoms with E-state index >= 15 is 0 Å². The molecule has 0 heterocycles. The maximum atomic E-state index is 8.89. The number of carbonyl (C=O) groups excluding carboxylic acids is 1. The molecular weight excluding hydrogens is 173 g/mol. The van der Waals surface area contributed by atoms with Crippen LogP contribution in [0.1, 0.15) is 6.92 Å². The first kappa shape index (κ1) is 24.7. The summed E-state index contributed by atoms with van der Waals surface area (Å²) >= 11 is 0. The first-order chi connectivity index (χ1) is 1.73. The molecule has 0 bridgehead atoms. The number of carboxylic acid groups (broad SMARTS) is 1. The second-order valence-electron chi connectivity index (χ2n) is 0.492. The Kier molecular flexibility index (Phi) is 55.7. The average Bonchev–Trinajstić information content (AvgIpc) is 0.811. The number of rotatable bonds is 0. The summed E-state index contributed by atoms with van der Waals surface area (Å²) in [5.41, 5.74) is 0. The van der Waals surface area contributed by atoms with Crippen molar-refractivity contribution in [2.45, 2.75) is 6.92 Å². The normalized spacial score (nSPS) is 3.57. The molecule has 0 radical (unpaired) electrons. The van der Waals surface area contributed by atoms with Crippen molar-refractivity contribution in [1.82, 2.24) is 6.15 Å². The Morgan fingerprint density at radius 2 is 1.57 bits per heavy atom. The third kappa shape index (κ3) is 201. The molecule has 0 rings (SSSR count). The minimum Gasteiger partial charge on any atom is -0.550 e. The van der Waals surface area contributed by atoms with E-state index in [1.165, 1.54) is 0 Å². The molecule has 0 unspecified atom stereocenters. The molecule has 7 heavy (non-hydrogen) atoms. The summed E-state index contributed by atoms with van der Waals surface area (Å²) in [5, 5.41) is 8.89. The summed E-state index contributed by atoms with van der Waals surface area (Å²) in [4.78, 5) is 8.89. The van der Waals surface area contributed by atoms with E-state index in [0.29, 0.717) is 0 Å². The zero-order chi connectivity index (χ0) is 3.58. The van der Waals surface area contributed by atoms with Crippen LogP contribution in [0.3, 0.4) is 0 Å². The van der Waals surface area contributed by atoms with Crippen LogP contribution in [0.5, 0.6) is 0 Å². The standard InChI is InChI=1S/C2H4O2.BrH.H3N.Na/c1-2(3)4;;;/h1H3,(H,3,4);1H;1H3;/q;;;+1/p-1. The number of hydrogen-bond donors (Lipinski definition) is 1. The molecule has 0 aromatic carbocycles. The van der Waals surface area contributed by atoms with Gasteiger partial charge in [0.1, 0.15) is 0 Å². The molecule has 0 spiro atoms. The van der Waals surface area contributed by atoms with Gasteiger partial charge in [-0.25, -0.2) is 0 Å². The Morgan fingerprint density at radius 3 is 1.57 bits per heavy atom. The van der Waals surface area contributed by atoms with Crippen molar-refractivity contribution in [1.29, 1.82) is 0 Å². The van der Waals surface area contributed by atoms with Gasteiger partial charge in [0.15, 0.2) is 0 Å². The second-order valence-corrected chi connectivity index (χ2v) is 0.492. The van der Waals surface area contributed by atoms with Crippen LogP contribution in [-0.4, -0.2) is 5.97 Å². The Bertz CT molecular complexity index is 38.7. The number of carboxylic acids is 1. The van der Waals surface area contributed by atoms with Gasteiger partial charge in [0.25, 0.3) is 0 Å². The molecule has 0 fully saturated rings. The molecule has 0 aliphatic rings. The number of carbonyl (C=O) groups is 1. The van der Waals surface area contributed by atoms with Crippen LogP contribution in [0.2, 0.25) is 0 Å². The minimum atomic E-state index is -1.08. The van der Waals surface area contributed by atoms with Crippen LogP contribution in [0, 0.1) is 0 Å². The van der Waals surface area contributed by atoms with Crippen LogP contribution < -0.4 is 40.8 Å². The van der Waals surface area contributed by atoms with Gasteiger partial charge in [-0.05, 0) is 6.92 Å². The van der Waals surface area contributed by atoms with Crippen molar-refractivity contribution in [2.24, 2.45) is 0 Å². The molecule has 40 valence electrons. The van der Waals surface area contributed by atoms with E-state index in [1.807, 2.05) is 0 Å². The van der Waals surface area contributed by atoms with E-state index < -0.39 is 5.97 Å². The molecule has 0 aromatic rings. The van der Waals surface area contributed by atoms with Gasteiger partial charge in [0.05, 0.1) is 0 Å². The maximum Gasteiger partial charge on any atom is 1.00 e. The molecule has 5 heteroatoms. The zero-order valence-electron chi connectivity index (χ0n) is 4.43. The molecule has 0 atom stereocenters. The van der Waals surface area contributed by atoms with Crippen LogP contribution >= 0.6 is 17.0 Å². The summed E-state index contributed by atoms with van der Waals surface area (Å²) in [6.45, 7) is 0.972. The third-order valence-corrected chi connectivity index (χ3v) is 0. The number of hydrogen-bond acceptors (Lipinski definition) is 3. The van der Waals surface area contributed by atoms with E-state index in [9.17, 15) is 0 Å². The van der Waals surface area contributed by atoms with Crippen molar-refractivity contribution in [3.05, 3.63) is 0 Å². The van der Waals surface area contributed by atoms with Gasteiger partial charge < -0.3 is 16.1 Å². The quantitative estimate of drug-likeness (QED) is 0.393. The predicted octanol–water partition coefficient (Wildman–Crippen LogP) is -3.50. The summed E-state index contributed by atoms with van der Waals surface area (Å²) in [6.07, 6.45) is 0. The van der Waals surface area contributed by atoms with E-state index in [2.05, 4.69) is 0 Å². The monoisotopic (exact) mass is 179 g/mol. The van der Waals surface area contributed by atoms with Crippen molar-refractivity contribution in [2.75, 3.05) is 0 Å². The molecule has 0 aliphatic heterocycles. The van der Waals surface area contributed by atoms with Crippen LogP contribution in [0.4, 0.5) is 0 Å². The largest absolute Gasteiger partial charge is 1.00 e. The minimum absolute atomic E-state index is 0. The molecule has 0 saturated carbocycles. The topological polar surface area (TPSA) is 75.1 Å². The number of aliphatic carboxylic acids is 1. The molecule has 3 nitrogen and oxygen atoms in total. The Balaban J connectivity index is -0.0000000150. The van der Waals surface area contributed by atoms with Gasteiger partial charge in [0.2, 0.25) is 0 Å². The van der Waals surface area contributed by atoms with Crippen LogP contribution in [0.25, 0.3) is 0 Å². The summed E-state index contributed by atoms with van der Waals surface area (Å²) < 4.78 is 0. The summed E-state index contributed by atoms with van der Waals surface area (Å²) in [5.74, 6) is -1.08. The van der Waals surface area contributed by atoms with Gasteiger partial charge in [-0.1, -0.05) is 0 Å². The average molecular weight is 180 g/mol. The molecule has 0 saturated heterocycles.